The largest absolute Gasteiger partial charge is 0.492 e. The molecule has 0 amide bonds. The van der Waals surface area contributed by atoms with Crippen molar-refractivity contribution in [3.8, 4) is 11.8 Å². The van der Waals surface area contributed by atoms with Crippen molar-refractivity contribution in [2.24, 2.45) is 5.92 Å². The number of ether oxygens (including phenoxy) is 1. The number of nitriles is 1. The Balaban J connectivity index is 2.67. The van der Waals surface area contributed by atoms with Gasteiger partial charge in [-0.1, -0.05) is 6.07 Å². The van der Waals surface area contributed by atoms with E-state index in [0.717, 1.165) is 11.1 Å². The predicted molar refractivity (Wildman–Crippen MR) is 56.6 cm³/mol. The van der Waals surface area contributed by atoms with Crippen LogP contribution in [0.25, 0.3) is 0 Å². The van der Waals surface area contributed by atoms with Crippen LogP contribution in [0.15, 0.2) is 18.2 Å². The second-order valence-corrected chi connectivity index (χ2v) is 3.78. The van der Waals surface area contributed by atoms with Crippen molar-refractivity contribution in [1.29, 1.82) is 5.26 Å². The zero-order chi connectivity index (χ0) is 13.1. The van der Waals surface area contributed by atoms with E-state index in [2.05, 4.69) is 0 Å². The molecule has 0 heterocycles. The van der Waals surface area contributed by atoms with E-state index in [1.807, 2.05) is 13.8 Å². The van der Waals surface area contributed by atoms with Crippen molar-refractivity contribution in [3.05, 3.63) is 29.3 Å². The van der Waals surface area contributed by atoms with Gasteiger partial charge < -0.3 is 4.74 Å². The van der Waals surface area contributed by atoms with Crippen LogP contribution in [-0.2, 0) is 0 Å². The summed E-state index contributed by atoms with van der Waals surface area (Å²) < 4.78 is 41.8. The fourth-order valence-corrected chi connectivity index (χ4v) is 1.19. The third-order valence-corrected chi connectivity index (χ3v) is 2.45. The van der Waals surface area contributed by atoms with Crippen molar-refractivity contribution in [1.82, 2.24) is 0 Å². The van der Waals surface area contributed by atoms with Gasteiger partial charge in [-0.3, -0.25) is 0 Å². The van der Waals surface area contributed by atoms with Crippen molar-refractivity contribution in [2.75, 3.05) is 6.61 Å². The minimum atomic E-state index is -4.55. The maximum absolute atomic E-state index is 12.3. The number of benzene rings is 1. The quantitative estimate of drug-likeness (QED) is 0.815. The highest BCUT2D eigenvalue weighted by molar-refractivity contribution is 5.33. The van der Waals surface area contributed by atoms with Gasteiger partial charge in [-0.2, -0.15) is 18.4 Å². The van der Waals surface area contributed by atoms with Crippen LogP contribution in [0.2, 0.25) is 0 Å². The van der Waals surface area contributed by atoms with E-state index in [0.29, 0.717) is 5.75 Å². The van der Waals surface area contributed by atoms with Crippen LogP contribution in [0.3, 0.4) is 0 Å². The SMILES string of the molecule is Cc1ccc(OCC(C#N)C(F)(F)F)cc1C. The lowest BCUT2D eigenvalue weighted by Gasteiger charge is -2.14. The predicted octanol–water partition coefficient (Wildman–Crippen LogP) is 3.38. The molecule has 0 radical (unpaired) electrons. The molecule has 0 saturated heterocycles. The van der Waals surface area contributed by atoms with Gasteiger partial charge in [0.15, 0.2) is 5.92 Å². The first-order chi connectivity index (χ1) is 7.84. The maximum atomic E-state index is 12.3. The van der Waals surface area contributed by atoms with E-state index in [4.69, 9.17) is 10.00 Å². The molecule has 0 aromatic heterocycles. The minimum absolute atomic E-state index is 0.345. The summed E-state index contributed by atoms with van der Waals surface area (Å²) in [5, 5.41) is 8.39. The first kappa shape index (κ1) is 13.4. The Labute approximate surface area is 97.6 Å². The molecule has 1 aromatic rings. The fourth-order valence-electron chi connectivity index (χ4n) is 1.19. The van der Waals surface area contributed by atoms with Crippen LogP contribution in [0.4, 0.5) is 13.2 Å². The highest BCUT2D eigenvalue weighted by Gasteiger charge is 2.40. The molecule has 0 aliphatic rings. The van der Waals surface area contributed by atoms with Gasteiger partial charge in [-0.05, 0) is 37.1 Å². The molecular formula is C12H12F3NO. The zero-order valence-corrected chi connectivity index (χ0v) is 9.51. The number of nitrogens with zero attached hydrogens (tertiary/aromatic N) is 1. The molecule has 0 saturated carbocycles. The van der Waals surface area contributed by atoms with Gasteiger partial charge in [-0.15, -0.1) is 0 Å². The van der Waals surface area contributed by atoms with Gasteiger partial charge in [0.25, 0.3) is 0 Å². The van der Waals surface area contributed by atoms with Crippen LogP contribution in [0, 0.1) is 31.1 Å². The minimum Gasteiger partial charge on any atom is -0.492 e. The second-order valence-electron chi connectivity index (χ2n) is 3.78. The Bertz CT molecular complexity index is 434. The molecule has 17 heavy (non-hydrogen) atoms. The van der Waals surface area contributed by atoms with Crippen molar-refractivity contribution in [3.63, 3.8) is 0 Å². The Morgan fingerprint density at radius 2 is 1.94 bits per heavy atom. The van der Waals surface area contributed by atoms with Gasteiger partial charge in [-0.25, -0.2) is 0 Å². The number of halogens is 3. The third-order valence-electron chi connectivity index (χ3n) is 2.45. The standard InChI is InChI=1S/C12H12F3NO/c1-8-3-4-11(5-9(8)2)17-7-10(6-16)12(13,14)15/h3-5,10H,7H2,1-2H3. The summed E-state index contributed by atoms with van der Waals surface area (Å²) in [6, 6.07) is 6.20. The van der Waals surface area contributed by atoms with E-state index in [-0.39, 0.29) is 0 Å². The van der Waals surface area contributed by atoms with Crippen molar-refractivity contribution < 1.29 is 17.9 Å². The summed E-state index contributed by atoms with van der Waals surface area (Å²) >= 11 is 0. The van der Waals surface area contributed by atoms with E-state index in [9.17, 15) is 13.2 Å². The summed E-state index contributed by atoms with van der Waals surface area (Å²) in [6.07, 6.45) is -4.55. The topological polar surface area (TPSA) is 33.0 Å². The number of hydrogen-bond donors (Lipinski definition) is 0. The molecule has 2 nitrogen and oxygen atoms in total. The molecule has 1 rings (SSSR count). The van der Waals surface area contributed by atoms with Crippen LogP contribution < -0.4 is 4.74 Å². The summed E-state index contributed by atoms with van der Waals surface area (Å²) in [5.41, 5.74) is 1.97. The molecule has 0 spiro atoms. The number of rotatable bonds is 3. The van der Waals surface area contributed by atoms with E-state index in [1.165, 1.54) is 6.07 Å². The highest BCUT2D eigenvalue weighted by atomic mass is 19.4. The highest BCUT2D eigenvalue weighted by Crippen LogP contribution is 2.26. The smallest absolute Gasteiger partial charge is 0.407 e. The summed E-state index contributed by atoms with van der Waals surface area (Å²) in [7, 11) is 0. The molecule has 5 heteroatoms. The fraction of sp³-hybridized carbons (Fsp3) is 0.417. The molecule has 0 aliphatic heterocycles. The molecule has 0 bridgehead atoms. The monoisotopic (exact) mass is 243 g/mol. The Kier molecular flexibility index (Phi) is 4.00. The second kappa shape index (κ2) is 5.09. The number of hydrogen-bond acceptors (Lipinski definition) is 2. The lowest BCUT2D eigenvalue weighted by atomic mass is 10.1. The zero-order valence-electron chi connectivity index (χ0n) is 9.51. The lowest BCUT2D eigenvalue weighted by molar-refractivity contribution is -0.165. The number of alkyl halides is 3. The van der Waals surface area contributed by atoms with Gasteiger partial charge >= 0.3 is 6.18 Å². The van der Waals surface area contributed by atoms with E-state index < -0.39 is 18.7 Å². The molecular weight excluding hydrogens is 231 g/mol. The average molecular weight is 243 g/mol. The Hall–Kier alpha value is -1.70. The molecule has 0 N–H and O–H groups in total. The first-order valence-corrected chi connectivity index (χ1v) is 5.01. The summed E-state index contributed by atoms with van der Waals surface area (Å²) in [4.78, 5) is 0. The Morgan fingerprint density at radius 1 is 1.29 bits per heavy atom. The maximum Gasteiger partial charge on any atom is 0.407 e. The molecule has 92 valence electrons. The van der Waals surface area contributed by atoms with Crippen molar-refractivity contribution >= 4 is 0 Å². The van der Waals surface area contributed by atoms with E-state index >= 15 is 0 Å². The normalized spacial score (nSPS) is 12.9. The van der Waals surface area contributed by atoms with Gasteiger partial charge in [0.2, 0.25) is 0 Å². The Morgan fingerprint density at radius 3 is 2.41 bits per heavy atom. The summed E-state index contributed by atoms with van der Waals surface area (Å²) in [6.45, 7) is 3.06. The van der Waals surface area contributed by atoms with Gasteiger partial charge in [0, 0.05) is 0 Å². The van der Waals surface area contributed by atoms with Crippen LogP contribution in [0.5, 0.6) is 5.75 Å². The molecule has 0 aliphatic carbocycles. The molecule has 1 aromatic carbocycles. The lowest BCUT2D eigenvalue weighted by Crippen LogP contribution is -2.27. The van der Waals surface area contributed by atoms with Crippen LogP contribution in [0.1, 0.15) is 11.1 Å². The van der Waals surface area contributed by atoms with Crippen molar-refractivity contribution in [2.45, 2.75) is 20.0 Å². The molecule has 1 unspecified atom stereocenters. The number of aryl methyl sites for hydroxylation is 2. The molecule has 1 atom stereocenters. The third kappa shape index (κ3) is 3.66. The summed E-state index contributed by atoms with van der Waals surface area (Å²) in [5.74, 6) is -1.75. The van der Waals surface area contributed by atoms with Crippen LogP contribution >= 0.6 is 0 Å². The van der Waals surface area contributed by atoms with E-state index in [1.54, 1.807) is 18.2 Å². The molecule has 0 fully saturated rings. The van der Waals surface area contributed by atoms with Gasteiger partial charge in [0.1, 0.15) is 12.4 Å². The van der Waals surface area contributed by atoms with Gasteiger partial charge in [0.05, 0.1) is 6.07 Å². The average Bonchev–Trinajstić information content (AvgIpc) is 2.22. The first-order valence-electron chi connectivity index (χ1n) is 5.01. The van der Waals surface area contributed by atoms with Crippen LogP contribution in [-0.4, -0.2) is 12.8 Å².